The summed E-state index contributed by atoms with van der Waals surface area (Å²) < 4.78 is 6.04. The minimum atomic E-state index is -0.0707. The molecule has 3 rings (SSSR count). The number of aryl methyl sites for hydroxylation is 1. The van der Waals surface area contributed by atoms with Crippen LogP contribution in [0.1, 0.15) is 12.5 Å². The first-order valence-corrected chi connectivity index (χ1v) is 10.2. The molecule has 1 heterocycles. The van der Waals surface area contributed by atoms with E-state index in [-0.39, 0.29) is 11.7 Å². The molecular weight excluding hydrogens is 380 g/mol. The van der Waals surface area contributed by atoms with E-state index in [0.717, 1.165) is 27.9 Å². The van der Waals surface area contributed by atoms with Gasteiger partial charge in [-0.1, -0.05) is 54.3 Å². The van der Waals surface area contributed by atoms with Gasteiger partial charge >= 0.3 is 0 Å². The van der Waals surface area contributed by atoms with E-state index >= 15 is 0 Å². The van der Waals surface area contributed by atoms with Crippen LogP contribution in [-0.2, 0) is 11.2 Å². The van der Waals surface area contributed by atoms with E-state index in [1.165, 1.54) is 28.7 Å². The minimum absolute atomic E-state index is 0.0707. The highest BCUT2D eigenvalue weighted by Crippen LogP contribution is 2.31. The van der Waals surface area contributed by atoms with Crippen LogP contribution >= 0.6 is 23.1 Å². The first-order chi connectivity index (χ1) is 13.2. The van der Waals surface area contributed by atoms with Gasteiger partial charge in [0.05, 0.1) is 18.6 Å². The van der Waals surface area contributed by atoms with E-state index in [1.54, 1.807) is 7.11 Å². The lowest BCUT2D eigenvalue weighted by Crippen LogP contribution is -2.13. The third kappa shape index (κ3) is 5.45. The SMILES string of the molecule is CCc1ccc(NC(=O)CSc2nnc(Nc3ccccc3OC)s2)cc1. The van der Waals surface area contributed by atoms with E-state index in [9.17, 15) is 4.79 Å². The molecule has 0 aliphatic heterocycles. The molecule has 3 aromatic rings. The number of para-hydroxylation sites is 2. The zero-order valence-corrected chi connectivity index (χ0v) is 16.7. The minimum Gasteiger partial charge on any atom is -0.495 e. The highest BCUT2D eigenvalue weighted by molar-refractivity contribution is 8.01. The van der Waals surface area contributed by atoms with Gasteiger partial charge in [-0.2, -0.15) is 0 Å². The first kappa shape index (κ1) is 19.2. The van der Waals surface area contributed by atoms with Crippen molar-refractivity contribution >= 4 is 45.5 Å². The lowest BCUT2D eigenvalue weighted by atomic mass is 10.1. The predicted molar refractivity (Wildman–Crippen MR) is 111 cm³/mol. The van der Waals surface area contributed by atoms with Gasteiger partial charge in [-0.3, -0.25) is 4.79 Å². The Hall–Kier alpha value is -2.58. The van der Waals surface area contributed by atoms with Crippen LogP contribution in [0.25, 0.3) is 0 Å². The van der Waals surface area contributed by atoms with Crippen molar-refractivity contribution in [1.82, 2.24) is 10.2 Å². The van der Waals surface area contributed by atoms with Crippen LogP contribution in [0.2, 0.25) is 0 Å². The van der Waals surface area contributed by atoms with Gasteiger partial charge in [0.2, 0.25) is 11.0 Å². The molecule has 140 valence electrons. The molecular formula is C19H20N4O2S2. The maximum Gasteiger partial charge on any atom is 0.234 e. The number of nitrogens with zero attached hydrogens (tertiary/aromatic N) is 2. The summed E-state index contributed by atoms with van der Waals surface area (Å²) in [7, 11) is 1.62. The number of methoxy groups -OCH3 is 1. The van der Waals surface area contributed by atoms with Crippen LogP contribution in [0.4, 0.5) is 16.5 Å². The van der Waals surface area contributed by atoms with Gasteiger partial charge in [-0.25, -0.2) is 0 Å². The molecule has 0 saturated heterocycles. The Morgan fingerprint density at radius 2 is 1.93 bits per heavy atom. The lowest BCUT2D eigenvalue weighted by Gasteiger charge is -2.07. The summed E-state index contributed by atoms with van der Waals surface area (Å²) in [6.07, 6.45) is 0.979. The van der Waals surface area contributed by atoms with Gasteiger partial charge in [-0.15, -0.1) is 10.2 Å². The van der Waals surface area contributed by atoms with E-state index in [4.69, 9.17) is 4.74 Å². The fourth-order valence-electron chi connectivity index (χ4n) is 2.33. The monoisotopic (exact) mass is 400 g/mol. The molecule has 2 aromatic carbocycles. The number of anilines is 3. The Morgan fingerprint density at radius 1 is 1.15 bits per heavy atom. The molecule has 0 bridgehead atoms. The van der Waals surface area contributed by atoms with E-state index in [1.807, 2.05) is 48.5 Å². The summed E-state index contributed by atoms with van der Waals surface area (Å²) in [5.41, 5.74) is 2.86. The fourth-order valence-corrected chi connectivity index (χ4v) is 3.89. The Kier molecular flexibility index (Phi) is 6.67. The Labute approximate surface area is 166 Å². The van der Waals surface area contributed by atoms with Crippen LogP contribution in [0.5, 0.6) is 5.75 Å². The van der Waals surface area contributed by atoms with Crippen molar-refractivity contribution in [3.05, 3.63) is 54.1 Å². The lowest BCUT2D eigenvalue weighted by molar-refractivity contribution is -0.113. The molecule has 27 heavy (non-hydrogen) atoms. The zero-order chi connectivity index (χ0) is 19.1. The summed E-state index contributed by atoms with van der Waals surface area (Å²) in [6.45, 7) is 2.10. The maximum absolute atomic E-state index is 12.1. The smallest absolute Gasteiger partial charge is 0.234 e. The van der Waals surface area contributed by atoms with Gasteiger partial charge in [0.25, 0.3) is 0 Å². The molecule has 0 fully saturated rings. The summed E-state index contributed by atoms with van der Waals surface area (Å²) >= 11 is 2.75. The van der Waals surface area contributed by atoms with Crippen molar-refractivity contribution in [2.75, 3.05) is 23.5 Å². The first-order valence-electron chi connectivity index (χ1n) is 8.43. The molecule has 0 aliphatic rings. The molecule has 1 amide bonds. The van der Waals surface area contributed by atoms with E-state index in [0.29, 0.717) is 5.13 Å². The second kappa shape index (κ2) is 9.38. The highest BCUT2D eigenvalue weighted by atomic mass is 32.2. The standard InChI is InChI=1S/C19H20N4O2S2/c1-3-13-8-10-14(11-9-13)20-17(24)12-26-19-23-22-18(27-19)21-15-6-4-5-7-16(15)25-2/h4-11H,3,12H2,1-2H3,(H,20,24)(H,21,22). The molecule has 0 unspecified atom stereocenters. The summed E-state index contributed by atoms with van der Waals surface area (Å²) in [4.78, 5) is 12.1. The van der Waals surface area contributed by atoms with E-state index < -0.39 is 0 Å². The Bertz CT molecular complexity index is 897. The van der Waals surface area contributed by atoms with Gasteiger partial charge in [0.15, 0.2) is 4.34 Å². The van der Waals surface area contributed by atoms with Crippen LogP contribution in [-0.4, -0.2) is 29.0 Å². The van der Waals surface area contributed by atoms with Gasteiger partial charge in [-0.05, 0) is 36.2 Å². The quantitative estimate of drug-likeness (QED) is 0.539. The molecule has 6 nitrogen and oxygen atoms in total. The second-order valence-electron chi connectivity index (χ2n) is 5.59. The summed E-state index contributed by atoms with van der Waals surface area (Å²) in [5.74, 6) is 0.938. The van der Waals surface area contributed by atoms with Crippen LogP contribution < -0.4 is 15.4 Å². The average molecular weight is 401 g/mol. The van der Waals surface area contributed by atoms with Gasteiger partial charge in [0.1, 0.15) is 5.75 Å². The van der Waals surface area contributed by atoms with Crippen LogP contribution in [0.15, 0.2) is 52.9 Å². The van der Waals surface area contributed by atoms with Gasteiger partial charge in [0, 0.05) is 5.69 Å². The number of rotatable bonds is 8. The van der Waals surface area contributed by atoms with Crippen LogP contribution in [0.3, 0.4) is 0 Å². The topological polar surface area (TPSA) is 76.1 Å². The van der Waals surface area contributed by atoms with Crippen molar-refractivity contribution in [2.45, 2.75) is 17.7 Å². The number of amides is 1. The van der Waals surface area contributed by atoms with Gasteiger partial charge < -0.3 is 15.4 Å². The highest BCUT2D eigenvalue weighted by Gasteiger charge is 2.10. The number of benzene rings is 2. The Morgan fingerprint density at radius 3 is 2.67 bits per heavy atom. The number of thioether (sulfide) groups is 1. The molecule has 0 radical (unpaired) electrons. The van der Waals surface area contributed by atoms with Crippen molar-refractivity contribution in [1.29, 1.82) is 0 Å². The van der Waals surface area contributed by atoms with E-state index in [2.05, 4.69) is 27.8 Å². The molecule has 2 N–H and O–H groups in total. The third-order valence-electron chi connectivity index (χ3n) is 3.73. The number of nitrogens with one attached hydrogen (secondary N) is 2. The number of carbonyl (C=O) groups excluding carboxylic acids is 1. The second-order valence-corrected chi connectivity index (χ2v) is 7.79. The number of ether oxygens (including phenoxy) is 1. The molecule has 0 aliphatic carbocycles. The summed E-state index contributed by atoms with van der Waals surface area (Å²) in [6, 6.07) is 15.5. The maximum atomic E-state index is 12.1. The Balaban J connectivity index is 1.52. The summed E-state index contributed by atoms with van der Waals surface area (Å²) in [5, 5.41) is 15.0. The third-order valence-corrected chi connectivity index (χ3v) is 5.70. The number of aromatic nitrogens is 2. The molecule has 0 atom stereocenters. The van der Waals surface area contributed by atoms with Crippen molar-refractivity contribution in [2.24, 2.45) is 0 Å². The number of carbonyl (C=O) groups is 1. The number of hydrogen-bond acceptors (Lipinski definition) is 7. The van der Waals surface area contributed by atoms with Crippen molar-refractivity contribution in [3.63, 3.8) is 0 Å². The van der Waals surface area contributed by atoms with Crippen LogP contribution in [0, 0.1) is 0 Å². The van der Waals surface area contributed by atoms with Crippen molar-refractivity contribution in [3.8, 4) is 5.75 Å². The predicted octanol–water partition coefficient (Wildman–Crippen LogP) is 4.58. The average Bonchev–Trinajstić information content (AvgIpc) is 3.15. The molecule has 0 spiro atoms. The van der Waals surface area contributed by atoms with Crippen molar-refractivity contribution < 1.29 is 9.53 Å². The molecule has 0 saturated carbocycles. The zero-order valence-electron chi connectivity index (χ0n) is 15.1. The molecule has 8 heteroatoms. The fraction of sp³-hybridized carbons (Fsp3) is 0.211. The normalized spacial score (nSPS) is 10.4. The largest absolute Gasteiger partial charge is 0.495 e. The number of hydrogen-bond donors (Lipinski definition) is 2. The molecule has 1 aromatic heterocycles.